The van der Waals surface area contributed by atoms with Crippen LogP contribution in [0.25, 0.3) is 0 Å². The third-order valence-electron chi connectivity index (χ3n) is 6.23. The molecule has 0 bridgehead atoms. The minimum absolute atomic E-state index is 0.104. The molecule has 0 saturated carbocycles. The number of ether oxygens (including phenoxy) is 2. The van der Waals surface area contributed by atoms with Crippen molar-refractivity contribution in [3.05, 3.63) is 11.1 Å². The highest BCUT2D eigenvalue weighted by atomic mass is 16.6. The highest BCUT2D eigenvalue weighted by molar-refractivity contribution is 5.77. The molecule has 0 aromatic carbocycles. The SMILES string of the molecule is CC[C@H](O)C(C)(C)[C@@H](O)C/C(C)=C(\C)[C@H](C)OC(=O)C(O)[C@H](CC(C)C)NC(=O)OC(C)(C)C. The first-order chi connectivity index (χ1) is 15.3. The van der Waals surface area contributed by atoms with Crippen LogP contribution >= 0.6 is 0 Å². The van der Waals surface area contributed by atoms with Crippen LogP contribution in [0.2, 0.25) is 0 Å². The van der Waals surface area contributed by atoms with Gasteiger partial charge in [-0.2, -0.15) is 0 Å². The summed E-state index contributed by atoms with van der Waals surface area (Å²) in [5, 5.41) is 34.1. The summed E-state index contributed by atoms with van der Waals surface area (Å²) in [5.41, 5.74) is 0.188. The molecule has 0 fully saturated rings. The van der Waals surface area contributed by atoms with Gasteiger partial charge in [0.15, 0.2) is 6.10 Å². The van der Waals surface area contributed by atoms with E-state index in [0.29, 0.717) is 19.3 Å². The summed E-state index contributed by atoms with van der Waals surface area (Å²) in [6.45, 7) is 19.9. The number of carbonyl (C=O) groups excluding carboxylic acids is 2. The molecule has 1 amide bonds. The van der Waals surface area contributed by atoms with Crippen LogP contribution in [0, 0.1) is 11.3 Å². The van der Waals surface area contributed by atoms with Gasteiger partial charge in [0.05, 0.1) is 18.2 Å². The summed E-state index contributed by atoms with van der Waals surface area (Å²) >= 11 is 0. The zero-order valence-corrected chi connectivity index (χ0v) is 23.1. The highest BCUT2D eigenvalue weighted by Gasteiger charge is 2.35. The molecule has 1 unspecified atom stereocenters. The fourth-order valence-electron chi connectivity index (χ4n) is 3.54. The van der Waals surface area contributed by atoms with Crippen LogP contribution in [-0.2, 0) is 14.3 Å². The fourth-order valence-corrected chi connectivity index (χ4v) is 3.54. The van der Waals surface area contributed by atoms with Crippen LogP contribution in [0.3, 0.4) is 0 Å². The first-order valence-electron chi connectivity index (χ1n) is 12.2. The minimum Gasteiger partial charge on any atom is -0.456 e. The van der Waals surface area contributed by atoms with E-state index in [-0.39, 0.29) is 5.92 Å². The maximum Gasteiger partial charge on any atom is 0.407 e. The lowest BCUT2D eigenvalue weighted by molar-refractivity contribution is -0.158. The van der Waals surface area contributed by atoms with E-state index in [1.165, 1.54) is 0 Å². The van der Waals surface area contributed by atoms with Gasteiger partial charge in [0, 0.05) is 5.41 Å². The predicted molar refractivity (Wildman–Crippen MR) is 133 cm³/mol. The molecule has 34 heavy (non-hydrogen) atoms. The summed E-state index contributed by atoms with van der Waals surface area (Å²) in [6.07, 6.45) is -3.13. The molecule has 0 aromatic heterocycles. The summed E-state index contributed by atoms with van der Waals surface area (Å²) in [7, 11) is 0. The maximum atomic E-state index is 12.7. The van der Waals surface area contributed by atoms with Crippen molar-refractivity contribution in [1.29, 1.82) is 0 Å². The fraction of sp³-hybridized carbons (Fsp3) is 0.846. The number of carbonyl (C=O) groups is 2. The number of aliphatic hydroxyl groups is 3. The first kappa shape index (κ1) is 32.4. The first-order valence-corrected chi connectivity index (χ1v) is 12.2. The molecule has 4 N–H and O–H groups in total. The van der Waals surface area contributed by atoms with Gasteiger partial charge in [-0.3, -0.25) is 0 Å². The summed E-state index contributed by atoms with van der Waals surface area (Å²) < 4.78 is 10.8. The maximum absolute atomic E-state index is 12.7. The molecular formula is C26H49NO7. The Morgan fingerprint density at radius 2 is 1.47 bits per heavy atom. The largest absolute Gasteiger partial charge is 0.456 e. The van der Waals surface area contributed by atoms with Crippen molar-refractivity contribution in [2.75, 3.05) is 0 Å². The van der Waals surface area contributed by atoms with Crippen molar-refractivity contribution in [3.63, 3.8) is 0 Å². The topological polar surface area (TPSA) is 125 Å². The molecular weight excluding hydrogens is 438 g/mol. The van der Waals surface area contributed by atoms with E-state index in [9.17, 15) is 24.9 Å². The smallest absolute Gasteiger partial charge is 0.407 e. The van der Waals surface area contributed by atoms with Gasteiger partial charge in [0.1, 0.15) is 11.7 Å². The molecule has 0 heterocycles. The third kappa shape index (κ3) is 10.7. The lowest BCUT2D eigenvalue weighted by Gasteiger charge is -2.35. The molecule has 0 aliphatic carbocycles. The molecule has 8 nitrogen and oxygen atoms in total. The van der Waals surface area contributed by atoms with E-state index < -0.39 is 53.5 Å². The zero-order chi connectivity index (χ0) is 27.0. The van der Waals surface area contributed by atoms with Crippen LogP contribution in [0.15, 0.2) is 11.1 Å². The summed E-state index contributed by atoms with van der Waals surface area (Å²) in [4.78, 5) is 24.9. The average Bonchev–Trinajstić information content (AvgIpc) is 2.69. The van der Waals surface area contributed by atoms with E-state index in [1.54, 1.807) is 34.6 Å². The molecule has 8 heteroatoms. The quantitative estimate of drug-likeness (QED) is 0.241. The van der Waals surface area contributed by atoms with Gasteiger partial charge in [-0.05, 0) is 72.3 Å². The van der Waals surface area contributed by atoms with Gasteiger partial charge in [-0.25, -0.2) is 9.59 Å². The number of amides is 1. The highest BCUT2D eigenvalue weighted by Crippen LogP contribution is 2.32. The molecule has 0 radical (unpaired) electrons. The minimum atomic E-state index is -1.56. The normalized spacial score (nSPS) is 17.9. The van der Waals surface area contributed by atoms with Gasteiger partial charge >= 0.3 is 12.1 Å². The molecule has 0 spiro atoms. The summed E-state index contributed by atoms with van der Waals surface area (Å²) in [6, 6.07) is -0.863. The number of nitrogens with one attached hydrogen (secondary N) is 1. The third-order valence-corrected chi connectivity index (χ3v) is 6.23. The van der Waals surface area contributed by atoms with Crippen LogP contribution < -0.4 is 5.32 Å². The second-order valence-corrected chi connectivity index (χ2v) is 11.3. The molecule has 5 atom stereocenters. The second kappa shape index (κ2) is 13.4. The van der Waals surface area contributed by atoms with Crippen LogP contribution in [0.4, 0.5) is 4.79 Å². The van der Waals surface area contributed by atoms with E-state index in [0.717, 1.165) is 11.1 Å². The molecule has 0 aliphatic heterocycles. The molecule has 200 valence electrons. The van der Waals surface area contributed by atoms with Crippen molar-refractivity contribution in [2.45, 2.75) is 131 Å². The number of alkyl carbamates (subject to hydrolysis) is 1. The Balaban J connectivity index is 5.34. The van der Waals surface area contributed by atoms with Gasteiger partial charge in [0.2, 0.25) is 0 Å². The number of hydrogen-bond donors (Lipinski definition) is 4. The van der Waals surface area contributed by atoms with Gasteiger partial charge in [-0.15, -0.1) is 0 Å². The van der Waals surface area contributed by atoms with Gasteiger partial charge in [0.25, 0.3) is 0 Å². The van der Waals surface area contributed by atoms with Crippen LogP contribution in [0.1, 0.15) is 95.4 Å². The molecule has 0 aromatic rings. The van der Waals surface area contributed by atoms with Crippen molar-refractivity contribution in [3.8, 4) is 0 Å². The molecule has 0 rings (SSSR count). The number of esters is 1. The average molecular weight is 488 g/mol. The Morgan fingerprint density at radius 3 is 1.91 bits per heavy atom. The number of aliphatic hydroxyl groups excluding tert-OH is 3. The van der Waals surface area contributed by atoms with Crippen molar-refractivity contribution in [1.82, 2.24) is 5.32 Å². The zero-order valence-electron chi connectivity index (χ0n) is 23.1. The van der Waals surface area contributed by atoms with Crippen molar-refractivity contribution < 1.29 is 34.4 Å². The monoisotopic (exact) mass is 487 g/mol. The Hall–Kier alpha value is -1.64. The lowest BCUT2D eigenvalue weighted by Crippen LogP contribution is -2.50. The van der Waals surface area contributed by atoms with Gasteiger partial charge < -0.3 is 30.1 Å². The standard InChI is InChI=1S/C26H49NO7/c1-12-20(28)26(10,11)21(29)14-16(4)17(5)18(6)33-23(31)22(30)19(13-15(2)3)27-24(32)34-25(7,8)9/h15,18-22,28-30H,12-14H2,1-11H3,(H,27,32)/b17-16+/t18-,19-,20-,21-,22?/m0/s1. The predicted octanol–water partition coefficient (Wildman–Crippen LogP) is 4.10. The molecule has 0 saturated heterocycles. The number of hydrogen-bond acceptors (Lipinski definition) is 7. The van der Waals surface area contributed by atoms with E-state index in [1.807, 2.05) is 41.5 Å². The second-order valence-electron chi connectivity index (χ2n) is 11.3. The number of rotatable bonds is 12. The van der Waals surface area contributed by atoms with Crippen molar-refractivity contribution >= 4 is 12.1 Å². The van der Waals surface area contributed by atoms with Crippen molar-refractivity contribution in [2.24, 2.45) is 11.3 Å². The van der Waals surface area contributed by atoms with Crippen LogP contribution in [-0.4, -0.2) is 63.4 Å². The molecule has 0 aliphatic rings. The van der Waals surface area contributed by atoms with E-state index in [2.05, 4.69) is 5.32 Å². The van der Waals surface area contributed by atoms with E-state index in [4.69, 9.17) is 9.47 Å². The van der Waals surface area contributed by atoms with E-state index >= 15 is 0 Å². The Labute approximate surface area is 206 Å². The lowest BCUT2D eigenvalue weighted by atomic mass is 9.77. The Kier molecular flexibility index (Phi) is 12.8. The van der Waals surface area contributed by atoms with Gasteiger partial charge in [-0.1, -0.05) is 40.2 Å². The Bertz CT molecular complexity index is 694. The Morgan fingerprint density at radius 1 is 0.941 bits per heavy atom. The van der Waals surface area contributed by atoms with Crippen LogP contribution in [0.5, 0.6) is 0 Å². The summed E-state index contributed by atoms with van der Waals surface area (Å²) in [5.74, 6) is -0.740.